The molecule has 0 aliphatic heterocycles. The second-order valence-electron chi connectivity index (χ2n) is 7.01. The van der Waals surface area contributed by atoms with Crippen molar-refractivity contribution in [3.63, 3.8) is 0 Å². The minimum atomic E-state index is -0.446. The van der Waals surface area contributed by atoms with Gasteiger partial charge in [-0.05, 0) is 48.1 Å². The lowest BCUT2D eigenvalue weighted by molar-refractivity contribution is 0.475. The first-order valence-corrected chi connectivity index (χ1v) is 12.0. The summed E-state index contributed by atoms with van der Waals surface area (Å²) in [5.74, 6) is 0.644. The molecule has 0 bridgehead atoms. The van der Waals surface area contributed by atoms with Crippen LogP contribution in [0.1, 0.15) is 0 Å². The Morgan fingerprint density at radius 2 is 0.515 bits per heavy atom. The second-order valence-corrected chi connectivity index (χ2v) is 9.23. The van der Waals surface area contributed by atoms with E-state index < -0.39 is 7.92 Å². The molecule has 0 amide bonds. The zero-order valence-electron chi connectivity index (χ0n) is 18.3. The standard InChI is InChI=1S/C18H15P.2C6H6O/c1-4-10-16(11-5-1)19(17-12-6-2-7-13-17)18-14-8-3-9-15-18;2*7-6-4-2-1-3-5-6/h1-15H;2*1-5,7H. The molecule has 33 heavy (non-hydrogen) atoms. The summed E-state index contributed by atoms with van der Waals surface area (Å²) in [7, 11) is -0.446. The fraction of sp³-hybridized carbons (Fsp3) is 0. The highest BCUT2D eigenvalue weighted by Gasteiger charge is 2.14. The van der Waals surface area contributed by atoms with E-state index in [0.717, 1.165) is 0 Å². The highest BCUT2D eigenvalue weighted by molar-refractivity contribution is 7.79. The van der Waals surface area contributed by atoms with Crippen molar-refractivity contribution in [1.82, 2.24) is 0 Å². The molecule has 2 nitrogen and oxygen atoms in total. The molecule has 0 atom stereocenters. The molecule has 2 N–H and O–H groups in total. The molecule has 0 saturated carbocycles. The van der Waals surface area contributed by atoms with E-state index in [4.69, 9.17) is 10.2 Å². The Morgan fingerprint density at radius 1 is 0.303 bits per heavy atom. The lowest BCUT2D eigenvalue weighted by Gasteiger charge is -2.18. The largest absolute Gasteiger partial charge is 0.508 e. The summed E-state index contributed by atoms with van der Waals surface area (Å²) in [5, 5.41) is 21.5. The van der Waals surface area contributed by atoms with Gasteiger partial charge in [-0.1, -0.05) is 127 Å². The van der Waals surface area contributed by atoms with Crippen LogP contribution in [0, 0.1) is 0 Å². The number of phenolic OH excluding ortho intramolecular Hbond substituents is 2. The third-order valence-corrected chi connectivity index (χ3v) is 7.00. The second kappa shape index (κ2) is 13.5. The Bertz CT molecular complexity index is 1020. The maximum Gasteiger partial charge on any atom is 0.115 e. The van der Waals surface area contributed by atoms with E-state index >= 15 is 0 Å². The van der Waals surface area contributed by atoms with Crippen molar-refractivity contribution in [3.05, 3.63) is 152 Å². The first kappa shape index (κ1) is 23.8. The molecule has 0 radical (unpaired) electrons. The number of benzene rings is 5. The van der Waals surface area contributed by atoms with Gasteiger partial charge >= 0.3 is 0 Å². The van der Waals surface area contributed by atoms with Crippen LogP contribution >= 0.6 is 7.92 Å². The summed E-state index contributed by atoms with van der Waals surface area (Å²) in [6.07, 6.45) is 0. The van der Waals surface area contributed by atoms with E-state index in [9.17, 15) is 0 Å². The summed E-state index contributed by atoms with van der Waals surface area (Å²) < 4.78 is 0. The number of hydrogen-bond donors (Lipinski definition) is 2. The molecule has 0 aliphatic carbocycles. The lowest BCUT2D eigenvalue weighted by Crippen LogP contribution is -2.20. The van der Waals surface area contributed by atoms with E-state index in [1.165, 1.54) is 15.9 Å². The van der Waals surface area contributed by atoms with Crippen LogP contribution in [0.3, 0.4) is 0 Å². The van der Waals surface area contributed by atoms with Gasteiger partial charge in [0.15, 0.2) is 0 Å². The third kappa shape index (κ3) is 8.29. The Balaban J connectivity index is 0.000000178. The smallest absolute Gasteiger partial charge is 0.115 e. The molecule has 0 spiro atoms. The molecule has 0 unspecified atom stereocenters. The third-order valence-electron chi connectivity index (χ3n) is 4.56. The molecule has 0 saturated heterocycles. The number of phenols is 2. The number of aromatic hydroxyl groups is 2. The maximum atomic E-state index is 8.63. The first-order valence-electron chi connectivity index (χ1n) is 10.7. The van der Waals surface area contributed by atoms with Crippen LogP contribution in [-0.2, 0) is 0 Å². The topological polar surface area (TPSA) is 40.5 Å². The molecule has 0 heterocycles. The van der Waals surface area contributed by atoms with Crippen molar-refractivity contribution in [2.45, 2.75) is 0 Å². The van der Waals surface area contributed by atoms with Crippen LogP contribution in [-0.4, -0.2) is 10.2 Å². The zero-order valence-corrected chi connectivity index (χ0v) is 19.2. The van der Waals surface area contributed by atoms with Crippen LogP contribution in [0.15, 0.2) is 152 Å². The van der Waals surface area contributed by atoms with Gasteiger partial charge in [0, 0.05) is 0 Å². The zero-order chi connectivity index (χ0) is 23.1. The molecule has 0 fully saturated rings. The van der Waals surface area contributed by atoms with E-state index in [1.54, 1.807) is 48.5 Å². The van der Waals surface area contributed by atoms with Gasteiger partial charge in [-0.15, -0.1) is 0 Å². The minimum Gasteiger partial charge on any atom is -0.508 e. The van der Waals surface area contributed by atoms with E-state index in [2.05, 4.69) is 91.0 Å². The van der Waals surface area contributed by atoms with Gasteiger partial charge < -0.3 is 10.2 Å². The average Bonchev–Trinajstić information content (AvgIpc) is 2.88. The number of hydrogen-bond acceptors (Lipinski definition) is 2. The predicted molar refractivity (Wildman–Crippen MR) is 141 cm³/mol. The van der Waals surface area contributed by atoms with Crippen molar-refractivity contribution in [2.24, 2.45) is 0 Å². The normalized spacial score (nSPS) is 9.73. The summed E-state index contributed by atoms with van der Waals surface area (Å²) in [6, 6.07) is 49.8. The molecule has 3 heteroatoms. The molecule has 0 aliphatic rings. The SMILES string of the molecule is Oc1ccccc1.Oc1ccccc1.c1ccc(P(c2ccccc2)c2ccccc2)cc1. The summed E-state index contributed by atoms with van der Waals surface area (Å²) >= 11 is 0. The van der Waals surface area contributed by atoms with E-state index in [0.29, 0.717) is 11.5 Å². The monoisotopic (exact) mass is 450 g/mol. The Labute approximate surface area is 197 Å². The van der Waals surface area contributed by atoms with Crippen LogP contribution in [0.4, 0.5) is 0 Å². The van der Waals surface area contributed by atoms with Crippen molar-refractivity contribution in [1.29, 1.82) is 0 Å². The van der Waals surface area contributed by atoms with Gasteiger partial charge in [-0.2, -0.15) is 0 Å². The molecular formula is C30H27O2P. The van der Waals surface area contributed by atoms with Crippen LogP contribution in [0.5, 0.6) is 11.5 Å². The van der Waals surface area contributed by atoms with Gasteiger partial charge in [-0.3, -0.25) is 0 Å². The number of rotatable bonds is 3. The first-order chi connectivity index (χ1) is 16.2. The fourth-order valence-corrected chi connectivity index (χ4v) is 5.34. The summed E-state index contributed by atoms with van der Waals surface area (Å²) in [5.41, 5.74) is 0. The van der Waals surface area contributed by atoms with Gasteiger partial charge in [0.2, 0.25) is 0 Å². The van der Waals surface area contributed by atoms with Crippen molar-refractivity contribution in [2.75, 3.05) is 0 Å². The van der Waals surface area contributed by atoms with E-state index in [-0.39, 0.29) is 0 Å². The van der Waals surface area contributed by atoms with Crippen LogP contribution < -0.4 is 15.9 Å². The fourth-order valence-electron chi connectivity index (χ4n) is 3.03. The van der Waals surface area contributed by atoms with Gasteiger partial charge in [-0.25, -0.2) is 0 Å². The Morgan fingerprint density at radius 3 is 0.697 bits per heavy atom. The molecule has 5 aromatic carbocycles. The quantitative estimate of drug-likeness (QED) is 0.320. The molecule has 164 valence electrons. The molecule has 5 aromatic rings. The Hall–Kier alpha value is -3.87. The lowest BCUT2D eigenvalue weighted by atomic mass is 10.3. The highest BCUT2D eigenvalue weighted by Crippen LogP contribution is 2.32. The van der Waals surface area contributed by atoms with Crippen molar-refractivity contribution in [3.8, 4) is 11.5 Å². The van der Waals surface area contributed by atoms with E-state index in [1.807, 2.05) is 12.1 Å². The average molecular weight is 451 g/mol. The van der Waals surface area contributed by atoms with Gasteiger partial charge in [0.05, 0.1) is 0 Å². The number of para-hydroxylation sites is 2. The van der Waals surface area contributed by atoms with Gasteiger partial charge in [0.25, 0.3) is 0 Å². The van der Waals surface area contributed by atoms with Crippen molar-refractivity contribution < 1.29 is 10.2 Å². The molecule has 0 aromatic heterocycles. The maximum absolute atomic E-state index is 8.63. The molecular weight excluding hydrogens is 423 g/mol. The van der Waals surface area contributed by atoms with Crippen LogP contribution in [0.25, 0.3) is 0 Å². The predicted octanol–water partition coefficient (Wildman–Crippen LogP) is 6.23. The van der Waals surface area contributed by atoms with Crippen molar-refractivity contribution >= 4 is 23.8 Å². The van der Waals surface area contributed by atoms with Gasteiger partial charge in [0.1, 0.15) is 11.5 Å². The minimum absolute atomic E-state index is 0.322. The van der Waals surface area contributed by atoms with Crippen LogP contribution in [0.2, 0.25) is 0 Å². The summed E-state index contributed by atoms with van der Waals surface area (Å²) in [4.78, 5) is 0. The molecule has 5 rings (SSSR count). The Kier molecular flexibility index (Phi) is 9.75. The highest BCUT2D eigenvalue weighted by atomic mass is 31.1. The summed E-state index contributed by atoms with van der Waals surface area (Å²) in [6.45, 7) is 0.